The van der Waals surface area contributed by atoms with Crippen LogP contribution in [0.25, 0.3) is 0 Å². The Kier molecular flexibility index (Phi) is 3.49. The number of hydrogen-bond donors (Lipinski definition) is 2. The SMILES string of the molecule is Cc1ccc(NS(=O)(=O)N2CCCC2)c(C)c1N. The van der Waals surface area contributed by atoms with Crippen molar-refractivity contribution in [3.05, 3.63) is 23.3 Å². The first-order valence-electron chi connectivity index (χ1n) is 6.05. The molecular formula is C12H19N3O2S. The first kappa shape index (κ1) is 13.2. The van der Waals surface area contributed by atoms with E-state index < -0.39 is 10.2 Å². The van der Waals surface area contributed by atoms with Crippen LogP contribution in [-0.2, 0) is 10.2 Å². The number of anilines is 2. The molecule has 1 aliphatic heterocycles. The Morgan fingerprint density at radius 2 is 1.83 bits per heavy atom. The summed E-state index contributed by atoms with van der Waals surface area (Å²) in [5, 5.41) is 0. The maximum Gasteiger partial charge on any atom is 0.301 e. The molecule has 0 saturated carbocycles. The van der Waals surface area contributed by atoms with Gasteiger partial charge in [0.15, 0.2) is 0 Å². The normalized spacial score (nSPS) is 17.0. The first-order valence-corrected chi connectivity index (χ1v) is 7.49. The molecule has 1 aliphatic rings. The number of benzene rings is 1. The molecule has 5 nitrogen and oxygen atoms in total. The summed E-state index contributed by atoms with van der Waals surface area (Å²) < 4.78 is 28.3. The van der Waals surface area contributed by atoms with E-state index in [0.29, 0.717) is 24.5 Å². The first-order chi connectivity index (χ1) is 8.42. The summed E-state index contributed by atoms with van der Waals surface area (Å²) in [5.41, 5.74) is 8.83. The van der Waals surface area contributed by atoms with E-state index in [1.54, 1.807) is 6.07 Å². The van der Waals surface area contributed by atoms with Gasteiger partial charge in [-0.1, -0.05) is 6.07 Å². The van der Waals surface area contributed by atoms with Gasteiger partial charge in [0.25, 0.3) is 0 Å². The van der Waals surface area contributed by atoms with Crippen molar-refractivity contribution in [1.29, 1.82) is 0 Å². The molecule has 18 heavy (non-hydrogen) atoms. The molecule has 0 aromatic heterocycles. The van der Waals surface area contributed by atoms with Crippen molar-refractivity contribution in [2.24, 2.45) is 0 Å². The second-order valence-corrected chi connectivity index (χ2v) is 6.35. The van der Waals surface area contributed by atoms with E-state index in [2.05, 4.69) is 4.72 Å². The molecule has 0 unspecified atom stereocenters. The van der Waals surface area contributed by atoms with E-state index in [4.69, 9.17) is 5.73 Å². The van der Waals surface area contributed by atoms with Crippen LogP contribution in [0.4, 0.5) is 11.4 Å². The number of nitrogen functional groups attached to an aromatic ring is 1. The molecule has 1 fully saturated rings. The Morgan fingerprint density at radius 1 is 1.22 bits per heavy atom. The average molecular weight is 269 g/mol. The standard InChI is InChI=1S/C12H19N3O2S/c1-9-5-6-11(10(2)12(9)13)14-18(16,17)15-7-3-4-8-15/h5-6,14H,3-4,7-8,13H2,1-2H3. The second-order valence-electron chi connectivity index (χ2n) is 4.68. The van der Waals surface area contributed by atoms with Gasteiger partial charge < -0.3 is 5.73 Å². The lowest BCUT2D eigenvalue weighted by Crippen LogP contribution is -2.33. The predicted octanol–water partition coefficient (Wildman–Crippen LogP) is 1.64. The minimum atomic E-state index is -3.44. The molecule has 2 rings (SSSR count). The Bertz CT molecular complexity index is 549. The molecule has 0 bridgehead atoms. The van der Waals surface area contributed by atoms with E-state index in [1.807, 2.05) is 19.9 Å². The van der Waals surface area contributed by atoms with Gasteiger partial charge in [0, 0.05) is 18.8 Å². The molecule has 6 heteroatoms. The third-order valence-corrected chi connectivity index (χ3v) is 4.90. The monoisotopic (exact) mass is 269 g/mol. The van der Waals surface area contributed by atoms with Crippen LogP contribution in [0, 0.1) is 13.8 Å². The molecule has 0 radical (unpaired) electrons. The highest BCUT2D eigenvalue weighted by Crippen LogP contribution is 2.26. The van der Waals surface area contributed by atoms with Gasteiger partial charge in [-0.25, -0.2) is 0 Å². The zero-order valence-corrected chi connectivity index (χ0v) is 11.5. The number of rotatable bonds is 3. The van der Waals surface area contributed by atoms with Gasteiger partial charge in [-0.2, -0.15) is 12.7 Å². The minimum Gasteiger partial charge on any atom is -0.398 e. The van der Waals surface area contributed by atoms with Gasteiger partial charge in [0.05, 0.1) is 5.69 Å². The van der Waals surface area contributed by atoms with E-state index in [0.717, 1.165) is 24.0 Å². The van der Waals surface area contributed by atoms with Gasteiger partial charge in [0.1, 0.15) is 0 Å². The van der Waals surface area contributed by atoms with Crippen molar-refractivity contribution in [2.45, 2.75) is 26.7 Å². The summed E-state index contributed by atoms with van der Waals surface area (Å²) in [4.78, 5) is 0. The van der Waals surface area contributed by atoms with Crippen LogP contribution in [0.1, 0.15) is 24.0 Å². The topological polar surface area (TPSA) is 75.4 Å². The summed E-state index contributed by atoms with van der Waals surface area (Å²) in [6.07, 6.45) is 1.85. The Hall–Kier alpha value is -1.27. The molecule has 0 amide bonds. The number of nitrogens with one attached hydrogen (secondary N) is 1. The summed E-state index contributed by atoms with van der Waals surface area (Å²) in [6, 6.07) is 3.58. The van der Waals surface area contributed by atoms with Crippen LogP contribution >= 0.6 is 0 Å². The van der Waals surface area contributed by atoms with Crippen LogP contribution in [0.3, 0.4) is 0 Å². The van der Waals surface area contributed by atoms with Crippen molar-refractivity contribution in [3.63, 3.8) is 0 Å². The smallest absolute Gasteiger partial charge is 0.301 e. The van der Waals surface area contributed by atoms with Crippen molar-refractivity contribution >= 4 is 21.6 Å². The maximum atomic E-state index is 12.1. The molecule has 1 aromatic rings. The molecule has 0 aliphatic carbocycles. The van der Waals surface area contributed by atoms with E-state index >= 15 is 0 Å². The molecule has 1 saturated heterocycles. The van der Waals surface area contributed by atoms with Crippen LogP contribution < -0.4 is 10.5 Å². The van der Waals surface area contributed by atoms with Crippen LogP contribution in [0.2, 0.25) is 0 Å². The molecule has 3 N–H and O–H groups in total. The van der Waals surface area contributed by atoms with E-state index in [-0.39, 0.29) is 0 Å². The highest BCUT2D eigenvalue weighted by atomic mass is 32.2. The molecule has 1 aromatic carbocycles. The summed E-state index contributed by atoms with van der Waals surface area (Å²) in [6.45, 7) is 4.91. The van der Waals surface area contributed by atoms with E-state index in [1.165, 1.54) is 4.31 Å². The van der Waals surface area contributed by atoms with Crippen LogP contribution in [0.15, 0.2) is 12.1 Å². The van der Waals surface area contributed by atoms with Gasteiger partial charge in [0.2, 0.25) is 0 Å². The zero-order chi connectivity index (χ0) is 13.3. The van der Waals surface area contributed by atoms with Crippen molar-refractivity contribution < 1.29 is 8.42 Å². The third kappa shape index (κ3) is 2.44. The van der Waals surface area contributed by atoms with Gasteiger partial charge in [-0.05, 0) is 43.9 Å². The van der Waals surface area contributed by atoms with E-state index in [9.17, 15) is 8.42 Å². The van der Waals surface area contributed by atoms with Crippen LogP contribution in [-0.4, -0.2) is 25.8 Å². The number of nitrogens with two attached hydrogens (primary N) is 1. The summed E-state index contributed by atoms with van der Waals surface area (Å²) in [7, 11) is -3.44. The van der Waals surface area contributed by atoms with Gasteiger partial charge in [-0.3, -0.25) is 4.72 Å². The fourth-order valence-corrected chi connectivity index (χ4v) is 3.47. The lowest BCUT2D eigenvalue weighted by atomic mass is 10.1. The number of hydrogen-bond acceptors (Lipinski definition) is 3. The fraction of sp³-hybridized carbons (Fsp3) is 0.500. The third-order valence-electron chi connectivity index (χ3n) is 3.38. The van der Waals surface area contributed by atoms with Crippen molar-refractivity contribution in [1.82, 2.24) is 4.31 Å². The largest absolute Gasteiger partial charge is 0.398 e. The van der Waals surface area contributed by atoms with Crippen molar-refractivity contribution in [3.8, 4) is 0 Å². The summed E-state index contributed by atoms with van der Waals surface area (Å²) in [5.74, 6) is 0. The van der Waals surface area contributed by atoms with Crippen molar-refractivity contribution in [2.75, 3.05) is 23.5 Å². The lowest BCUT2D eigenvalue weighted by molar-refractivity contribution is 0.482. The molecule has 0 atom stereocenters. The quantitative estimate of drug-likeness (QED) is 0.819. The highest BCUT2D eigenvalue weighted by molar-refractivity contribution is 7.90. The second kappa shape index (κ2) is 4.78. The average Bonchev–Trinajstić information content (AvgIpc) is 2.84. The Balaban J connectivity index is 2.26. The molecule has 100 valence electrons. The molecule has 1 heterocycles. The van der Waals surface area contributed by atoms with Gasteiger partial charge >= 0.3 is 10.2 Å². The lowest BCUT2D eigenvalue weighted by Gasteiger charge is -2.19. The fourth-order valence-electron chi connectivity index (χ4n) is 2.11. The maximum absolute atomic E-state index is 12.1. The summed E-state index contributed by atoms with van der Waals surface area (Å²) >= 11 is 0. The number of aryl methyl sites for hydroxylation is 1. The minimum absolute atomic E-state index is 0.560. The Morgan fingerprint density at radius 3 is 2.44 bits per heavy atom. The predicted molar refractivity (Wildman–Crippen MR) is 73.7 cm³/mol. The number of nitrogens with zero attached hydrogens (tertiary/aromatic N) is 1. The van der Waals surface area contributed by atoms with Crippen LogP contribution in [0.5, 0.6) is 0 Å². The highest BCUT2D eigenvalue weighted by Gasteiger charge is 2.25. The molecular weight excluding hydrogens is 250 g/mol. The molecule has 0 spiro atoms. The zero-order valence-electron chi connectivity index (χ0n) is 10.7. The van der Waals surface area contributed by atoms with Gasteiger partial charge in [-0.15, -0.1) is 0 Å². The Labute approximate surface area is 108 Å².